The average Bonchev–Trinajstić information content (AvgIpc) is 3.07. The number of cyclic esters (lactones) is 1. The van der Waals surface area contributed by atoms with Crippen LogP contribution in [0.25, 0.3) is 11.8 Å². The minimum absolute atomic E-state index is 0.00350. The van der Waals surface area contributed by atoms with Crippen molar-refractivity contribution in [1.82, 2.24) is 0 Å². The van der Waals surface area contributed by atoms with E-state index in [4.69, 9.17) is 14.2 Å². The average molecular weight is 432 g/mol. The van der Waals surface area contributed by atoms with Gasteiger partial charge < -0.3 is 44.8 Å². The highest BCUT2D eigenvalue weighted by Crippen LogP contribution is 2.38. The first-order valence-corrected chi connectivity index (χ1v) is 9.36. The van der Waals surface area contributed by atoms with Crippen LogP contribution in [-0.2, 0) is 9.47 Å². The Morgan fingerprint density at radius 1 is 1.00 bits per heavy atom. The van der Waals surface area contributed by atoms with Crippen molar-refractivity contribution in [2.24, 2.45) is 0 Å². The molecule has 5 atom stereocenters. The number of phenols is 2. The zero-order chi connectivity index (χ0) is 22.3. The summed E-state index contributed by atoms with van der Waals surface area (Å²) in [4.78, 5) is 12.5. The number of aliphatic hydroxyl groups excluding tert-OH is 4. The molecule has 1 fully saturated rings. The lowest BCUT2D eigenvalue weighted by atomic mass is 9.99. The fourth-order valence-electron chi connectivity index (χ4n) is 3.43. The molecule has 2 heterocycles. The van der Waals surface area contributed by atoms with E-state index in [9.17, 15) is 35.4 Å². The zero-order valence-corrected chi connectivity index (χ0v) is 16.0. The number of phenolic OH excluding ortho intramolecular Hbond substituents is 2. The molecule has 0 bridgehead atoms. The van der Waals surface area contributed by atoms with Gasteiger partial charge in [-0.25, -0.2) is 4.79 Å². The van der Waals surface area contributed by atoms with Crippen LogP contribution in [0.4, 0.5) is 0 Å². The molecular weight excluding hydrogens is 412 g/mol. The van der Waals surface area contributed by atoms with Gasteiger partial charge in [0.15, 0.2) is 11.5 Å². The van der Waals surface area contributed by atoms with Crippen molar-refractivity contribution in [3.8, 4) is 17.2 Å². The van der Waals surface area contributed by atoms with Gasteiger partial charge in [0.1, 0.15) is 41.5 Å². The Labute approximate surface area is 175 Å². The van der Waals surface area contributed by atoms with Gasteiger partial charge in [-0.05, 0) is 29.8 Å². The van der Waals surface area contributed by atoms with Crippen LogP contribution in [0, 0.1) is 0 Å². The number of carbonyl (C=O) groups is 1. The molecule has 31 heavy (non-hydrogen) atoms. The maximum atomic E-state index is 12.5. The second kappa shape index (κ2) is 8.17. The van der Waals surface area contributed by atoms with E-state index in [1.165, 1.54) is 30.3 Å². The third kappa shape index (κ3) is 3.82. The summed E-state index contributed by atoms with van der Waals surface area (Å²) >= 11 is 0. The van der Waals surface area contributed by atoms with Crippen LogP contribution in [0.5, 0.6) is 17.2 Å². The molecule has 0 radical (unpaired) electrons. The fraction of sp³-hybridized carbons (Fsp3) is 0.286. The molecule has 0 amide bonds. The van der Waals surface area contributed by atoms with Gasteiger partial charge in [0.25, 0.3) is 0 Å². The van der Waals surface area contributed by atoms with E-state index in [1.54, 1.807) is 12.1 Å². The molecule has 2 aromatic rings. The normalized spacial score (nSPS) is 29.0. The minimum atomic E-state index is -1.64. The Balaban J connectivity index is 1.65. The molecule has 0 saturated carbocycles. The molecule has 164 valence electrons. The predicted molar refractivity (Wildman–Crippen MR) is 104 cm³/mol. The summed E-state index contributed by atoms with van der Waals surface area (Å²) in [5.74, 6) is -1.18. The van der Waals surface area contributed by atoms with Crippen molar-refractivity contribution in [2.75, 3.05) is 6.61 Å². The topological polar surface area (TPSA) is 166 Å². The number of fused-ring (bicyclic) bond motifs is 1. The number of rotatable bonds is 4. The SMILES string of the molecule is O=C1O/C(=C\c2ccc(O)c(O)c2)c2cccc(O[C@@H]3O[C@H](CO)[C@@H](O)[C@H](O)[C@H]3O)c21. The maximum absolute atomic E-state index is 12.5. The van der Waals surface area contributed by atoms with Crippen LogP contribution in [0.2, 0.25) is 0 Å². The number of hydrogen-bond donors (Lipinski definition) is 6. The van der Waals surface area contributed by atoms with E-state index in [2.05, 4.69) is 0 Å². The summed E-state index contributed by atoms with van der Waals surface area (Å²) in [6.45, 7) is -0.619. The van der Waals surface area contributed by atoms with E-state index < -0.39 is 43.3 Å². The lowest BCUT2D eigenvalue weighted by molar-refractivity contribution is -0.277. The maximum Gasteiger partial charge on any atom is 0.348 e. The first kappa shape index (κ1) is 21.1. The molecule has 1 saturated heterocycles. The summed E-state index contributed by atoms with van der Waals surface area (Å²) in [7, 11) is 0. The van der Waals surface area contributed by atoms with Gasteiger partial charge in [-0.2, -0.15) is 0 Å². The van der Waals surface area contributed by atoms with Crippen molar-refractivity contribution in [2.45, 2.75) is 30.7 Å². The van der Waals surface area contributed by atoms with E-state index in [0.717, 1.165) is 0 Å². The fourth-order valence-corrected chi connectivity index (χ4v) is 3.43. The number of esters is 1. The predicted octanol–water partition coefficient (Wildman–Crippen LogP) is -0.0550. The number of aromatic hydroxyl groups is 2. The number of carbonyl (C=O) groups excluding carboxylic acids is 1. The van der Waals surface area contributed by atoms with Crippen molar-refractivity contribution in [1.29, 1.82) is 0 Å². The smallest absolute Gasteiger partial charge is 0.348 e. The van der Waals surface area contributed by atoms with Gasteiger partial charge in [0, 0.05) is 5.56 Å². The molecule has 2 aliphatic heterocycles. The van der Waals surface area contributed by atoms with Gasteiger partial charge in [-0.3, -0.25) is 0 Å². The van der Waals surface area contributed by atoms with Gasteiger partial charge in [-0.1, -0.05) is 18.2 Å². The summed E-state index contributed by atoms with van der Waals surface area (Å²) < 4.78 is 16.2. The third-order valence-corrected chi connectivity index (χ3v) is 5.09. The van der Waals surface area contributed by atoms with E-state index in [0.29, 0.717) is 11.1 Å². The molecule has 10 heteroatoms. The quantitative estimate of drug-likeness (QED) is 0.285. The summed E-state index contributed by atoms with van der Waals surface area (Å²) in [5, 5.41) is 58.4. The molecule has 0 aliphatic carbocycles. The third-order valence-electron chi connectivity index (χ3n) is 5.09. The first-order chi connectivity index (χ1) is 14.8. The van der Waals surface area contributed by atoms with Crippen LogP contribution >= 0.6 is 0 Å². The Bertz CT molecular complexity index is 1030. The molecule has 0 aromatic heterocycles. The second-order valence-electron chi connectivity index (χ2n) is 7.14. The summed E-state index contributed by atoms with van der Waals surface area (Å²) in [6.07, 6.45) is -5.94. The van der Waals surface area contributed by atoms with Gasteiger partial charge in [0.2, 0.25) is 6.29 Å². The van der Waals surface area contributed by atoms with Crippen molar-refractivity contribution < 1.29 is 49.6 Å². The lowest BCUT2D eigenvalue weighted by Crippen LogP contribution is -2.60. The van der Waals surface area contributed by atoms with Gasteiger partial charge in [-0.15, -0.1) is 0 Å². The number of ether oxygens (including phenoxy) is 3. The van der Waals surface area contributed by atoms with Gasteiger partial charge in [0.05, 0.1) is 6.61 Å². The lowest BCUT2D eigenvalue weighted by Gasteiger charge is -2.39. The van der Waals surface area contributed by atoms with E-state index in [-0.39, 0.29) is 28.6 Å². The first-order valence-electron chi connectivity index (χ1n) is 9.36. The van der Waals surface area contributed by atoms with E-state index in [1.807, 2.05) is 0 Å². The molecule has 6 N–H and O–H groups in total. The van der Waals surface area contributed by atoms with Crippen molar-refractivity contribution in [3.63, 3.8) is 0 Å². The molecular formula is C21H20O10. The highest BCUT2D eigenvalue weighted by Gasteiger charge is 2.45. The molecule has 4 rings (SSSR count). The van der Waals surface area contributed by atoms with Crippen molar-refractivity contribution >= 4 is 17.8 Å². The number of hydrogen-bond acceptors (Lipinski definition) is 10. The van der Waals surface area contributed by atoms with Crippen LogP contribution in [0.3, 0.4) is 0 Å². The van der Waals surface area contributed by atoms with Crippen LogP contribution in [-0.4, -0.2) is 73.9 Å². The van der Waals surface area contributed by atoms with Crippen LogP contribution in [0.1, 0.15) is 21.5 Å². The van der Waals surface area contributed by atoms with Crippen LogP contribution < -0.4 is 4.74 Å². The highest BCUT2D eigenvalue weighted by atomic mass is 16.7. The Kier molecular flexibility index (Phi) is 5.56. The standard InChI is InChI=1S/C21H20O10/c22-8-15-17(25)18(26)19(27)21(31-15)30-13-3-1-2-10-14(29-20(28)16(10)13)7-9-4-5-11(23)12(24)6-9/h1-7,15,17-19,21-27H,8H2/b14-7-/t15-,17-,18+,19-,21-/m1/s1. The Morgan fingerprint density at radius 3 is 2.48 bits per heavy atom. The Hall–Kier alpha value is -3.15. The summed E-state index contributed by atoms with van der Waals surface area (Å²) in [6, 6.07) is 8.72. The monoisotopic (exact) mass is 432 g/mol. The second-order valence-corrected chi connectivity index (χ2v) is 7.14. The summed E-state index contributed by atoms with van der Waals surface area (Å²) in [5.41, 5.74) is 0.888. The van der Waals surface area contributed by atoms with Crippen LogP contribution in [0.15, 0.2) is 36.4 Å². The number of aliphatic hydroxyl groups is 4. The molecule has 0 unspecified atom stereocenters. The Morgan fingerprint density at radius 2 is 1.77 bits per heavy atom. The van der Waals surface area contributed by atoms with Gasteiger partial charge >= 0.3 is 5.97 Å². The minimum Gasteiger partial charge on any atom is -0.504 e. The molecule has 0 spiro atoms. The van der Waals surface area contributed by atoms with Crippen molar-refractivity contribution in [3.05, 3.63) is 53.1 Å². The largest absolute Gasteiger partial charge is 0.504 e. The molecule has 2 aromatic carbocycles. The highest BCUT2D eigenvalue weighted by molar-refractivity contribution is 6.07. The van der Waals surface area contributed by atoms with E-state index >= 15 is 0 Å². The zero-order valence-electron chi connectivity index (χ0n) is 16.0. The molecule has 2 aliphatic rings. The number of benzene rings is 2. The molecule has 10 nitrogen and oxygen atoms in total.